The Bertz CT molecular complexity index is 1090. The number of carbonyl (C=O) groups is 5. The predicted molar refractivity (Wildman–Crippen MR) is 137 cm³/mol. The molecular weight excluding hydrogens is 494 g/mol. The lowest BCUT2D eigenvalue weighted by atomic mass is 9.98. The highest BCUT2D eigenvalue weighted by Gasteiger charge is 2.32. The number of amides is 4. The van der Waals surface area contributed by atoms with E-state index in [9.17, 15) is 29.1 Å². The first kappa shape index (κ1) is 30.0. The molecule has 0 radical (unpaired) electrons. The van der Waals surface area contributed by atoms with Crippen molar-refractivity contribution in [1.29, 1.82) is 0 Å². The van der Waals surface area contributed by atoms with Crippen LogP contribution in [0.15, 0.2) is 42.9 Å². The second-order valence-electron chi connectivity index (χ2n) is 9.08. The number of aliphatic carboxylic acids is 1. The summed E-state index contributed by atoms with van der Waals surface area (Å²) in [6.45, 7) is 3.47. The summed E-state index contributed by atoms with van der Waals surface area (Å²) in [6.07, 6.45) is 2.91. The number of carboxylic acids is 1. The van der Waals surface area contributed by atoms with E-state index in [0.717, 1.165) is 5.56 Å². The zero-order chi connectivity index (χ0) is 28.2. The molecule has 4 amide bonds. The maximum Gasteiger partial charge on any atom is 0.326 e. The number of aromatic nitrogens is 2. The van der Waals surface area contributed by atoms with Gasteiger partial charge in [0.2, 0.25) is 23.6 Å². The van der Waals surface area contributed by atoms with Gasteiger partial charge in [0, 0.05) is 18.3 Å². The maximum atomic E-state index is 13.2. The van der Waals surface area contributed by atoms with E-state index >= 15 is 0 Å². The van der Waals surface area contributed by atoms with E-state index in [1.54, 1.807) is 38.1 Å². The molecule has 0 saturated carbocycles. The highest BCUT2D eigenvalue weighted by molar-refractivity contribution is 5.96. The monoisotopic (exact) mass is 529 g/mol. The molecule has 206 valence electrons. The van der Waals surface area contributed by atoms with Crippen LogP contribution in [0.3, 0.4) is 0 Å². The van der Waals surface area contributed by atoms with Crippen LogP contribution >= 0.6 is 0 Å². The number of hydrogen-bond acceptors (Lipinski definition) is 7. The third-order valence-corrected chi connectivity index (χ3v) is 6.06. The largest absolute Gasteiger partial charge is 0.480 e. The fourth-order valence-electron chi connectivity index (χ4n) is 3.68. The summed E-state index contributed by atoms with van der Waals surface area (Å²) in [5.41, 5.74) is 12.6. The lowest BCUT2D eigenvalue weighted by molar-refractivity contribution is -0.144. The number of aromatic amines is 1. The van der Waals surface area contributed by atoms with Crippen LogP contribution in [0.1, 0.15) is 37.9 Å². The van der Waals surface area contributed by atoms with E-state index in [1.807, 2.05) is 6.07 Å². The van der Waals surface area contributed by atoms with Gasteiger partial charge in [-0.1, -0.05) is 50.6 Å². The van der Waals surface area contributed by atoms with Crippen molar-refractivity contribution in [3.63, 3.8) is 0 Å². The Morgan fingerprint density at radius 3 is 2.16 bits per heavy atom. The second-order valence-corrected chi connectivity index (χ2v) is 9.08. The first-order chi connectivity index (χ1) is 18.0. The molecular formula is C25H35N7O6. The third kappa shape index (κ3) is 9.32. The minimum Gasteiger partial charge on any atom is -0.480 e. The van der Waals surface area contributed by atoms with Crippen LogP contribution in [0.4, 0.5) is 0 Å². The predicted octanol–water partition coefficient (Wildman–Crippen LogP) is -1.02. The van der Waals surface area contributed by atoms with Crippen molar-refractivity contribution in [2.75, 3.05) is 0 Å². The van der Waals surface area contributed by atoms with Crippen molar-refractivity contribution in [3.8, 4) is 0 Å². The first-order valence-corrected chi connectivity index (χ1v) is 12.2. The van der Waals surface area contributed by atoms with E-state index in [4.69, 9.17) is 11.5 Å². The summed E-state index contributed by atoms with van der Waals surface area (Å²) in [5, 5.41) is 17.0. The van der Waals surface area contributed by atoms with Gasteiger partial charge in [-0.2, -0.15) is 0 Å². The summed E-state index contributed by atoms with van der Waals surface area (Å²) in [6, 6.07) is 4.13. The fourth-order valence-corrected chi connectivity index (χ4v) is 3.68. The van der Waals surface area contributed by atoms with Crippen molar-refractivity contribution < 1.29 is 29.1 Å². The topological polar surface area (TPSA) is 222 Å². The molecule has 5 atom stereocenters. The molecule has 0 fully saturated rings. The first-order valence-electron chi connectivity index (χ1n) is 12.2. The molecule has 2 rings (SSSR count). The van der Waals surface area contributed by atoms with E-state index in [1.165, 1.54) is 12.5 Å². The van der Waals surface area contributed by atoms with E-state index in [-0.39, 0.29) is 18.8 Å². The Kier molecular flexibility index (Phi) is 11.4. The SMILES string of the molecule is CCC(C)C(NC(=O)C(Cc1cnc[nH]1)NC(=O)C(CC(N)=O)NC(=O)C(N)Cc1ccccc1)C(=O)O. The summed E-state index contributed by atoms with van der Waals surface area (Å²) in [5.74, 6) is -4.77. The molecule has 0 aliphatic carbocycles. The number of imidazole rings is 1. The molecule has 13 nitrogen and oxygen atoms in total. The lowest BCUT2D eigenvalue weighted by Gasteiger charge is -2.26. The molecule has 0 bridgehead atoms. The molecule has 0 spiro atoms. The minimum absolute atomic E-state index is 0.0603. The number of nitrogens with zero attached hydrogens (tertiary/aromatic N) is 1. The van der Waals surface area contributed by atoms with Gasteiger partial charge in [-0.3, -0.25) is 19.2 Å². The summed E-state index contributed by atoms with van der Waals surface area (Å²) in [4.78, 5) is 69.1. The number of carboxylic acid groups (broad SMARTS) is 1. The number of nitrogens with one attached hydrogen (secondary N) is 4. The van der Waals surface area contributed by atoms with Gasteiger partial charge in [0.15, 0.2) is 0 Å². The number of H-pyrrole nitrogens is 1. The number of nitrogens with two attached hydrogens (primary N) is 2. The zero-order valence-electron chi connectivity index (χ0n) is 21.3. The summed E-state index contributed by atoms with van der Waals surface area (Å²) in [7, 11) is 0. The number of benzene rings is 1. The Hall–Kier alpha value is -4.26. The molecule has 9 N–H and O–H groups in total. The van der Waals surface area contributed by atoms with Crippen molar-refractivity contribution >= 4 is 29.6 Å². The highest BCUT2D eigenvalue weighted by atomic mass is 16.4. The van der Waals surface area contributed by atoms with Gasteiger partial charge < -0.3 is 37.5 Å². The van der Waals surface area contributed by atoms with Crippen molar-refractivity contribution in [1.82, 2.24) is 25.9 Å². The number of rotatable bonds is 15. The highest BCUT2D eigenvalue weighted by Crippen LogP contribution is 2.10. The molecule has 2 aromatic rings. The van der Waals surface area contributed by atoms with Crippen LogP contribution < -0.4 is 27.4 Å². The average molecular weight is 530 g/mol. The quantitative estimate of drug-likeness (QED) is 0.151. The zero-order valence-corrected chi connectivity index (χ0v) is 21.3. The van der Waals surface area contributed by atoms with Gasteiger partial charge in [-0.25, -0.2) is 9.78 Å². The molecule has 5 unspecified atom stereocenters. The molecule has 0 aliphatic heterocycles. The lowest BCUT2D eigenvalue weighted by Crippen LogP contribution is -2.59. The molecule has 38 heavy (non-hydrogen) atoms. The summed E-state index contributed by atoms with van der Waals surface area (Å²) < 4.78 is 0. The fraction of sp³-hybridized carbons (Fsp3) is 0.440. The van der Waals surface area contributed by atoms with Gasteiger partial charge in [0.05, 0.1) is 18.8 Å². The number of hydrogen-bond donors (Lipinski definition) is 7. The van der Waals surface area contributed by atoms with Gasteiger partial charge in [-0.05, 0) is 17.9 Å². The van der Waals surface area contributed by atoms with Gasteiger partial charge >= 0.3 is 5.97 Å². The smallest absolute Gasteiger partial charge is 0.326 e. The molecule has 0 saturated heterocycles. The molecule has 1 aromatic heterocycles. The molecule has 1 heterocycles. The summed E-state index contributed by atoms with van der Waals surface area (Å²) >= 11 is 0. The normalized spacial score (nSPS) is 14.8. The Balaban J connectivity index is 2.18. The Morgan fingerprint density at radius 1 is 0.974 bits per heavy atom. The minimum atomic E-state index is -1.41. The molecule has 1 aromatic carbocycles. The van der Waals surface area contributed by atoms with Crippen LogP contribution in [-0.2, 0) is 36.8 Å². The van der Waals surface area contributed by atoms with Gasteiger partial charge in [-0.15, -0.1) is 0 Å². The second kappa shape index (κ2) is 14.5. The van der Waals surface area contributed by atoms with Crippen LogP contribution in [0.5, 0.6) is 0 Å². The molecule has 0 aliphatic rings. The average Bonchev–Trinajstić information content (AvgIpc) is 3.39. The van der Waals surface area contributed by atoms with E-state index < -0.39 is 60.2 Å². The van der Waals surface area contributed by atoms with Crippen molar-refractivity contribution in [2.24, 2.45) is 17.4 Å². The van der Waals surface area contributed by atoms with Crippen LogP contribution in [0, 0.1) is 5.92 Å². The van der Waals surface area contributed by atoms with Gasteiger partial charge in [0.25, 0.3) is 0 Å². The standard InChI is InChI=1S/C25H35N7O6/c1-3-14(2)21(25(37)38)32-24(36)18(10-16-12-28-13-29-16)31-23(35)19(11-20(27)33)30-22(34)17(26)9-15-7-5-4-6-8-15/h4-8,12-14,17-19,21H,3,9-11,26H2,1-2H3,(H2,27,33)(H,28,29)(H,30,34)(H,31,35)(H,32,36)(H,37,38). The van der Waals surface area contributed by atoms with Crippen LogP contribution in [0.25, 0.3) is 0 Å². The van der Waals surface area contributed by atoms with Crippen LogP contribution in [0.2, 0.25) is 0 Å². The van der Waals surface area contributed by atoms with E-state index in [0.29, 0.717) is 12.1 Å². The molecule has 13 heteroatoms. The van der Waals surface area contributed by atoms with E-state index in [2.05, 4.69) is 25.9 Å². The number of primary amides is 1. The number of carbonyl (C=O) groups excluding carboxylic acids is 4. The Labute approximate surface area is 220 Å². The third-order valence-electron chi connectivity index (χ3n) is 6.06. The van der Waals surface area contributed by atoms with Crippen molar-refractivity contribution in [3.05, 3.63) is 54.1 Å². The van der Waals surface area contributed by atoms with Gasteiger partial charge in [0.1, 0.15) is 18.1 Å². The van der Waals surface area contributed by atoms with Crippen molar-refractivity contribution in [2.45, 2.75) is 63.7 Å². The Morgan fingerprint density at radius 2 is 1.61 bits per heavy atom. The van der Waals surface area contributed by atoms with Crippen LogP contribution in [-0.4, -0.2) is 68.8 Å². The maximum absolute atomic E-state index is 13.2.